The minimum Gasteiger partial charge on any atom is -0.377 e. The lowest BCUT2D eigenvalue weighted by Gasteiger charge is -2.20. The van der Waals surface area contributed by atoms with Crippen LogP contribution in [-0.2, 0) is 11.2 Å². The fourth-order valence-electron chi connectivity index (χ4n) is 5.60. The lowest BCUT2D eigenvalue weighted by atomic mass is 9.84. The number of rotatable bonds is 4. The number of fused-ring (bicyclic) bond motifs is 2. The molecule has 0 aromatic heterocycles. The maximum absolute atomic E-state index is 5.87. The highest BCUT2D eigenvalue weighted by Crippen LogP contribution is 2.48. The molecule has 0 radical (unpaired) electrons. The van der Waals surface area contributed by atoms with E-state index in [9.17, 15) is 0 Å². The topological polar surface area (TPSA) is 9.23 Å². The molecule has 0 amide bonds. The average molecular weight is 415 g/mol. The second kappa shape index (κ2) is 7.93. The first-order chi connectivity index (χ1) is 15.8. The maximum atomic E-state index is 5.87. The largest absolute Gasteiger partial charge is 0.377 e. The van der Waals surface area contributed by atoms with Crippen LogP contribution in [0.4, 0.5) is 0 Å². The van der Waals surface area contributed by atoms with Crippen molar-refractivity contribution in [1.29, 1.82) is 0 Å². The molecule has 4 aromatic rings. The van der Waals surface area contributed by atoms with Gasteiger partial charge >= 0.3 is 0 Å². The second-order valence-corrected chi connectivity index (χ2v) is 8.82. The van der Waals surface area contributed by atoms with Crippen molar-refractivity contribution in [3.8, 4) is 11.1 Å². The molecule has 0 saturated carbocycles. The molecule has 156 valence electrons. The third-order valence-electron chi connectivity index (χ3n) is 7.12. The molecule has 2 unspecified atom stereocenters. The van der Waals surface area contributed by atoms with E-state index in [1.807, 2.05) is 7.11 Å². The molecule has 2 aliphatic carbocycles. The summed E-state index contributed by atoms with van der Waals surface area (Å²) < 4.78 is 5.87. The molecule has 0 fully saturated rings. The highest BCUT2D eigenvalue weighted by atomic mass is 16.5. The zero-order valence-electron chi connectivity index (χ0n) is 18.3. The van der Waals surface area contributed by atoms with Crippen molar-refractivity contribution in [3.05, 3.63) is 130 Å². The van der Waals surface area contributed by atoms with E-state index in [0.717, 1.165) is 12.8 Å². The van der Waals surface area contributed by atoms with Crippen LogP contribution in [0.5, 0.6) is 0 Å². The van der Waals surface area contributed by atoms with Gasteiger partial charge in [0.25, 0.3) is 0 Å². The SMILES string of the molecule is COC1CC(c2ccccc2-c2ccccc2C2=Cc3ccccc3C2)c2ccccc21. The molecule has 0 N–H and O–H groups in total. The van der Waals surface area contributed by atoms with Crippen LogP contribution < -0.4 is 0 Å². The first-order valence-corrected chi connectivity index (χ1v) is 11.4. The van der Waals surface area contributed by atoms with Gasteiger partial charge in [0.1, 0.15) is 0 Å². The smallest absolute Gasteiger partial charge is 0.0833 e. The molecule has 6 rings (SSSR count). The van der Waals surface area contributed by atoms with Gasteiger partial charge in [0.05, 0.1) is 6.10 Å². The molecule has 1 nitrogen and oxygen atoms in total. The number of hydrogen-bond donors (Lipinski definition) is 0. The number of methoxy groups -OCH3 is 1. The van der Waals surface area contributed by atoms with Crippen LogP contribution in [0.15, 0.2) is 97.1 Å². The third kappa shape index (κ3) is 3.13. The fourth-order valence-corrected chi connectivity index (χ4v) is 5.60. The van der Waals surface area contributed by atoms with Crippen molar-refractivity contribution in [2.75, 3.05) is 7.11 Å². The lowest BCUT2D eigenvalue weighted by molar-refractivity contribution is 0.102. The van der Waals surface area contributed by atoms with Crippen molar-refractivity contribution in [2.24, 2.45) is 0 Å². The van der Waals surface area contributed by atoms with Gasteiger partial charge < -0.3 is 4.74 Å². The van der Waals surface area contributed by atoms with Crippen LogP contribution in [0.2, 0.25) is 0 Å². The van der Waals surface area contributed by atoms with Gasteiger partial charge in [-0.05, 0) is 62.9 Å². The second-order valence-electron chi connectivity index (χ2n) is 8.82. The van der Waals surface area contributed by atoms with Crippen molar-refractivity contribution >= 4 is 11.6 Å². The zero-order chi connectivity index (χ0) is 21.5. The number of benzene rings is 4. The molecule has 32 heavy (non-hydrogen) atoms. The molecule has 0 saturated heterocycles. The van der Waals surface area contributed by atoms with E-state index < -0.39 is 0 Å². The first kappa shape index (κ1) is 19.3. The van der Waals surface area contributed by atoms with Crippen LogP contribution in [0.1, 0.15) is 51.8 Å². The normalized spacial score (nSPS) is 18.8. The minimum absolute atomic E-state index is 0.159. The standard InChI is InChI=1S/C31H26O/c1-32-31-20-30(28-16-8-9-17-29(28)31)27-15-7-6-14-26(27)25-13-5-4-12-24(25)23-18-21-10-2-3-11-22(21)19-23/h2-18,30-31H,19-20H2,1H3. The van der Waals surface area contributed by atoms with Gasteiger partial charge in [-0.15, -0.1) is 0 Å². The summed E-state index contributed by atoms with van der Waals surface area (Å²) in [5.41, 5.74) is 12.3. The quantitative estimate of drug-likeness (QED) is 0.333. The number of ether oxygens (including phenoxy) is 1. The van der Waals surface area contributed by atoms with Crippen LogP contribution in [0, 0.1) is 0 Å². The Morgan fingerprint density at radius 3 is 2.03 bits per heavy atom. The predicted molar refractivity (Wildman–Crippen MR) is 133 cm³/mol. The maximum Gasteiger partial charge on any atom is 0.0833 e. The van der Waals surface area contributed by atoms with Crippen molar-refractivity contribution in [2.45, 2.75) is 24.9 Å². The summed E-state index contributed by atoms with van der Waals surface area (Å²) in [5.74, 6) is 0.343. The summed E-state index contributed by atoms with van der Waals surface area (Å²) in [6.45, 7) is 0. The average Bonchev–Trinajstić information content (AvgIpc) is 3.46. The Labute approximate surface area is 190 Å². The van der Waals surface area contributed by atoms with Gasteiger partial charge in [-0.3, -0.25) is 0 Å². The predicted octanol–water partition coefficient (Wildman–Crippen LogP) is 7.67. The Morgan fingerprint density at radius 1 is 0.625 bits per heavy atom. The summed E-state index contributed by atoms with van der Waals surface area (Å²) in [5, 5.41) is 0. The van der Waals surface area contributed by atoms with Crippen molar-refractivity contribution in [1.82, 2.24) is 0 Å². The third-order valence-corrected chi connectivity index (χ3v) is 7.12. The molecule has 0 heterocycles. The molecular formula is C31H26O. The Morgan fingerprint density at radius 2 is 1.25 bits per heavy atom. The highest BCUT2D eigenvalue weighted by Gasteiger charge is 2.33. The summed E-state index contributed by atoms with van der Waals surface area (Å²) >= 11 is 0. The highest BCUT2D eigenvalue weighted by molar-refractivity contribution is 5.94. The van der Waals surface area contributed by atoms with E-state index in [1.54, 1.807) is 0 Å². The number of hydrogen-bond acceptors (Lipinski definition) is 1. The van der Waals surface area contributed by atoms with Gasteiger partial charge in [0.2, 0.25) is 0 Å². The van der Waals surface area contributed by atoms with Crippen LogP contribution >= 0.6 is 0 Å². The molecule has 4 aromatic carbocycles. The van der Waals surface area contributed by atoms with Crippen LogP contribution in [-0.4, -0.2) is 7.11 Å². The van der Waals surface area contributed by atoms with Gasteiger partial charge in [0.15, 0.2) is 0 Å². The van der Waals surface area contributed by atoms with Gasteiger partial charge in [-0.1, -0.05) is 103 Å². The Balaban J connectivity index is 1.47. The molecule has 1 heteroatoms. The van der Waals surface area contributed by atoms with Gasteiger partial charge in [-0.25, -0.2) is 0 Å². The van der Waals surface area contributed by atoms with Crippen LogP contribution in [0.3, 0.4) is 0 Å². The van der Waals surface area contributed by atoms with E-state index in [4.69, 9.17) is 4.74 Å². The Hall–Kier alpha value is -3.42. The summed E-state index contributed by atoms with van der Waals surface area (Å²) in [6, 6.07) is 35.4. The van der Waals surface area contributed by atoms with E-state index in [-0.39, 0.29) is 6.10 Å². The summed E-state index contributed by atoms with van der Waals surface area (Å²) in [4.78, 5) is 0. The van der Waals surface area contributed by atoms with Crippen molar-refractivity contribution in [3.63, 3.8) is 0 Å². The fraction of sp³-hybridized carbons (Fsp3) is 0.161. The van der Waals surface area contributed by atoms with E-state index >= 15 is 0 Å². The Kier molecular flexibility index (Phi) is 4.78. The van der Waals surface area contributed by atoms with E-state index in [2.05, 4.69) is 103 Å². The van der Waals surface area contributed by atoms with Gasteiger partial charge in [-0.2, -0.15) is 0 Å². The van der Waals surface area contributed by atoms with Gasteiger partial charge in [0, 0.05) is 13.0 Å². The number of allylic oxidation sites excluding steroid dienone is 1. The molecule has 0 spiro atoms. The molecular weight excluding hydrogens is 388 g/mol. The zero-order valence-corrected chi connectivity index (χ0v) is 18.3. The van der Waals surface area contributed by atoms with Crippen LogP contribution in [0.25, 0.3) is 22.8 Å². The summed E-state index contributed by atoms with van der Waals surface area (Å²) in [6.07, 6.45) is 4.51. The van der Waals surface area contributed by atoms with E-state index in [1.165, 1.54) is 50.1 Å². The molecule has 0 aliphatic heterocycles. The summed E-state index contributed by atoms with van der Waals surface area (Å²) in [7, 11) is 1.83. The lowest BCUT2D eigenvalue weighted by Crippen LogP contribution is -2.01. The minimum atomic E-state index is 0.159. The van der Waals surface area contributed by atoms with E-state index in [0.29, 0.717) is 5.92 Å². The Bertz CT molecular complexity index is 1330. The monoisotopic (exact) mass is 414 g/mol. The molecule has 2 atom stereocenters. The first-order valence-electron chi connectivity index (χ1n) is 11.4. The van der Waals surface area contributed by atoms with Crippen molar-refractivity contribution < 1.29 is 4.74 Å². The molecule has 0 bridgehead atoms. The molecule has 2 aliphatic rings.